The molecule has 0 saturated carbocycles. The van der Waals surface area contributed by atoms with Gasteiger partial charge in [-0.15, -0.1) is 0 Å². The summed E-state index contributed by atoms with van der Waals surface area (Å²) in [6.07, 6.45) is 0. The van der Waals surface area contributed by atoms with Gasteiger partial charge >= 0.3 is 54.0 Å². The Morgan fingerprint density at radius 3 is 0.833 bits per heavy atom. The van der Waals surface area contributed by atoms with Crippen LogP contribution in [0.4, 0.5) is 0 Å². The standard InChI is InChI=1S/4O.Ti.W/q4*-1;;+4. The van der Waals surface area contributed by atoms with Crippen molar-refractivity contribution >= 4 is 0 Å². The second-order valence-electron chi connectivity index (χ2n) is 0.500. The second kappa shape index (κ2) is 3.27. The van der Waals surface area contributed by atoms with Crippen LogP contribution >= 0.6 is 0 Å². The first-order valence-corrected chi connectivity index (χ1v) is 3.37. The zero-order valence-corrected chi connectivity index (χ0v) is 7.04. The maximum absolute atomic E-state index is 8.62. The van der Waals surface area contributed by atoms with Crippen LogP contribution in [0.5, 0.6) is 0 Å². The van der Waals surface area contributed by atoms with Gasteiger partial charge in [0.1, 0.15) is 0 Å². The van der Waals surface area contributed by atoms with Gasteiger partial charge in [-0.2, -0.15) is 0 Å². The van der Waals surface area contributed by atoms with E-state index >= 15 is 0 Å². The summed E-state index contributed by atoms with van der Waals surface area (Å²) in [4.78, 5) is 0. The van der Waals surface area contributed by atoms with Crippen LogP contribution in [0.1, 0.15) is 0 Å². The average molecular weight is 296 g/mol. The van der Waals surface area contributed by atoms with Gasteiger partial charge < -0.3 is 0 Å². The van der Waals surface area contributed by atoms with Crippen molar-refractivity contribution in [3.05, 3.63) is 0 Å². The van der Waals surface area contributed by atoms with Crippen molar-refractivity contribution in [2.24, 2.45) is 0 Å². The van der Waals surface area contributed by atoms with E-state index in [1.165, 1.54) is 0 Å². The van der Waals surface area contributed by atoms with Crippen LogP contribution < -0.4 is 14.8 Å². The summed E-state index contributed by atoms with van der Waals surface area (Å²) in [6, 6.07) is 0. The predicted molar refractivity (Wildman–Crippen MR) is 0 cm³/mol. The molecule has 0 radical (unpaired) electrons. The van der Waals surface area contributed by atoms with Crippen molar-refractivity contribution < 1.29 is 54.0 Å². The Bertz CT molecular complexity index is 23.0. The van der Waals surface area contributed by atoms with Gasteiger partial charge in [0.05, 0.1) is 0 Å². The van der Waals surface area contributed by atoms with Gasteiger partial charge in [-0.05, 0) is 0 Å². The molecule has 0 aliphatic rings. The Hall–Kier alpha value is 1.24. The average Bonchev–Trinajstić information content (AvgIpc) is 0.722. The molecule has 4 nitrogen and oxygen atoms in total. The van der Waals surface area contributed by atoms with E-state index < -0.39 is 18.1 Å². The van der Waals surface area contributed by atoms with E-state index in [-0.39, 0.29) is 21.1 Å². The third-order valence-electron chi connectivity index (χ3n) is 0. The molecule has 6 heavy (non-hydrogen) atoms. The SMILES string of the molecule is [O-][Ti]([O-])([O-])[O-].[W+4]. The van der Waals surface area contributed by atoms with Gasteiger partial charge in [-0.3, -0.25) is 0 Å². The normalized spacial score (nSPS) is 10.0. The van der Waals surface area contributed by atoms with Gasteiger partial charge in [0.2, 0.25) is 0 Å². The summed E-state index contributed by atoms with van der Waals surface area (Å²) in [6.45, 7) is 0. The maximum Gasteiger partial charge on any atom is 4.00 e. The Kier molecular flexibility index (Phi) is 5.60. The van der Waals surface area contributed by atoms with E-state index in [1.54, 1.807) is 0 Å². The smallest absolute Gasteiger partial charge is 4.00 e. The van der Waals surface area contributed by atoms with E-state index in [1.807, 2.05) is 0 Å². The van der Waals surface area contributed by atoms with Gasteiger partial charge in [0, 0.05) is 0 Å². The summed E-state index contributed by atoms with van der Waals surface area (Å²) in [7, 11) is 0. The summed E-state index contributed by atoms with van der Waals surface area (Å²) in [5.41, 5.74) is 0. The number of hydrogen-bond donors (Lipinski definition) is 0. The third-order valence-corrected chi connectivity index (χ3v) is 0. The topological polar surface area (TPSA) is 92.2 Å². The Balaban J connectivity index is 0. The van der Waals surface area contributed by atoms with Crippen LogP contribution in [0.25, 0.3) is 0 Å². The Morgan fingerprint density at radius 1 is 0.833 bits per heavy atom. The molecule has 0 spiro atoms. The minimum atomic E-state index is -6.00. The fourth-order valence-corrected chi connectivity index (χ4v) is 0. The molecule has 0 N–H and O–H groups in total. The molecular weight excluding hydrogens is 296 g/mol. The molecule has 0 unspecified atom stereocenters. The Morgan fingerprint density at radius 2 is 0.833 bits per heavy atom. The van der Waals surface area contributed by atoms with Crippen molar-refractivity contribution in [3.63, 3.8) is 0 Å². The molecule has 0 amide bonds. The van der Waals surface area contributed by atoms with Gasteiger partial charge in [-0.25, -0.2) is 0 Å². The summed E-state index contributed by atoms with van der Waals surface area (Å²) in [5, 5.41) is 0. The van der Waals surface area contributed by atoms with Crippen LogP contribution in [0.15, 0.2) is 0 Å². The third kappa shape index (κ3) is 61.1. The van der Waals surface area contributed by atoms with Crippen molar-refractivity contribution in [1.29, 1.82) is 0 Å². The molecule has 6 heteroatoms. The molecule has 0 rings (SSSR count). The Labute approximate surface area is 54.0 Å². The summed E-state index contributed by atoms with van der Waals surface area (Å²) in [5.74, 6) is 0. The summed E-state index contributed by atoms with van der Waals surface area (Å²) < 4.78 is 34.5. The first kappa shape index (κ1) is 10.3. The molecule has 34 valence electrons. The molecule has 0 aromatic heterocycles. The molecule has 0 aliphatic heterocycles. The largest absolute Gasteiger partial charge is 4.00 e. The van der Waals surface area contributed by atoms with Gasteiger partial charge in [0.25, 0.3) is 0 Å². The zero-order chi connectivity index (χ0) is 4.50. The fraction of sp³-hybridized carbons (Fsp3) is 0. The fourth-order valence-electron chi connectivity index (χ4n) is 0. The van der Waals surface area contributed by atoms with Gasteiger partial charge in [0.15, 0.2) is 0 Å². The van der Waals surface area contributed by atoms with E-state index in [4.69, 9.17) is 14.8 Å². The molecule has 0 aromatic carbocycles. The first-order chi connectivity index (χ1) is 2.00. The molecule has 0 aliphatic carbocycles. The number of rotatable bonds is 0. The van der Waals surface area contributed by atoms with Crippen molar-refractivity contribution in [2.45, 2.75) is 0 Å². The van der Waals surface area contributed by atoms with Crippen LogP contribution in [0.2, 0.25) is 0 Å². The first-order valence-electron chi connectivity index (χ1n) is 0.816. The van der Waals surface area contributed by atoms with E-state index in [0.29, 0.717) is 0 Å². The molecule has 0 atom stereocenters. The van der Waals surface area contributed by atoms with Gasteiger partial charge in [-0.1, -0.05) is 0 Å². The molecule has 0 heterocycles. The predicted octanol–water partition coefficient (Wildman–Crippen LogP) is -4.76. The van der Waals surface area contributed by atoms with E-state index in [0.717, 1.165) is 0 Å². The van der Waals surface area contributed by atoms with E-state index in [2.05, 4.69) is 0 Å². The molecule has 0 fully saturated rings. The van der Waals surface area contributed by atoms with Crippen molar-refractivity contribution in [3.8, 4) is 0 Å². The number of hydrogen-bond acceptors (Lipinski definition) is 4. The van der Waals surface area contributed by atoms with E-state index in [9.17, 15) is 0 Å². The minimum absolute atomic E-state index is 0. The minimum Gasteiger partial charge on any atom is 4.00 e. The maximum atomic E-state index is 8.62. The van der Waals surface area contributed by atoms with Crippen LogP contribution in [0, 0.1) is 0 Å². The molecule has 0 bridgehead atoms. The quantitative estimate of drug-likeness (QED) is 0.420. The van der Waals surface area contributed by atoms with Crippen LogP contribution in [-0.4, -0.2) is 0 Å². The van der Waals surface area contributed by atoms with Crippen molar-refractivity contribution in [2.75, 3.05) is 0 Å². The van der Waals surface area contributed by atoms with Crippen LogP contribution in [0.3, 0.4) is 0 Å². The zero-order valence-electron chi connectivity index (χ0n) is 2.54. The molecule has 0 aromatic rings. The molecule has 0 saturated heterocycles. The second-order valence-corrected chi connectivity index (χ2v) is 2.06. The molecular formula is O4TiW. The van der Waals surface area contributed by atoms with Crippen LogP contribution in [-0.2, 0) is 39.2 Å². The monoisotopic (exact) mass is 296 g/mol. The van der Waals surface area contributed by atoms with Crippen molar-refractivity contribution in [1.82, 2.24) is 0 Å². The summed E-state index contributed by atoms with van der Waals surface area (Å²) >= 11 is -6.00.